The van der Waals surface area contributed by atoms with Gasteiger partial charge in [-0.05, 0) is 44.4 Å². The smallest absolute Gasteiger partial charge is 0.270 e. The molecule has 3 heterocycles. The molecular weight excluding hydrogens is 378 g/mol. The van der Waals surface area contributed by atoms with E-state index in [4.69, 9.17) is 9.47 Å². The number of hydrogen-bond acceptors (Lipinski definition) is 5. The van der Waals surface area contributed by atoms with Crippen molar-refractivity contribution < 1.29 is 14.3 Å². The normalized spacial score (nSPS) is 24.2. The Labute approximate surface area is 167 Å². The standard InChI is InChI=1S/C20H25N3O4S/c1-20(2)10-13(7-8-27-20)23-18-16(19(25)22-23)17(28-11-15(24)21-18)12-5-4-6-14(9-12)26-3/h4-6,9,13,17H,7-8,10-11H2,1-3H3,(H,21,24)(H,22,25)/t13-,17+/m1/s1. The zero-order valence-electron chi connectivity index (χ0n) is 16.3. The topological polar surface area (TPSA) is 85.4 Å². The monoisotopic (exact) mass is 403 g/mol. The van der Waals surface area contributed by atoms with Gasteiger partial charge in [-0.25, -0.2) is 0 Å². The molecule has 1 fully saturated rings. The Balaban J connectivity index is 1.80. The minimum absolute atomic E-state index is 0.0644. The van der Waals surface area contributed by atoms with Crippen molar-refractivity contribution >= 4 is 23.5 Å². The van der Waals surface area contributed by atoms with Crippen molar-refractivity contribution in [3.63, 3.8) is 0 Å². The van der Waals surface area contributed by atoms with Gasteiger partial charge in [0.1, 0.15) is 11.6 Å². The summed E-state index contributed by atoms with van der Waals surface area (Å²) in [6.45, 7) is 4.72. The predicted molar refractivity (Wildman–Crippen MR) is 109 cm³/mol. The van der Waals surface area contributed by atoms with E-state index in [-0.39, 0.29) is 34.1 Å². The molecule has 1 saturated heterocycles. The highest BCUT2D eigenvalue weighted by molar-refractivity contribution is 8.00. The van der Waals surface area contributed by atoms with Crippen LogP contribution >= 0.6 is 11.8 Å². The number of aromatic nitrogens is 2. The first-order valence-electron chi connectivity index (χ1n) is 9.42. The van der Waals surface area contributed by atoms with Crippen LogP contribution in [0.2, 0.25) is 0 Å². The van der Waals surface area contributed by atoms with Gasteiger partial charge < -0.3 is 14.8 Å². The third-order valence-corrected chi connectivity index (χ3v) is 6.57. The quantitative estimate of drug-likeness (QED) is 0.823. The van der Waals surface area contributed by atoms with Gasteiger partial charge >= 0.3 is 0 Å². The van der Waals surface area contributed by atoms with Crippen molar-refractivity contribution in [2.24, 2.45) is 0 Å². The molecule has 0 bridgehead atoms. The van der Waals surface area contributed by atoms with Crippen molar-refractivity contribution in [1.82, 2.24) is 9.78 Å². The molecule has 0 spiro atoms. The number of nitrogens with one attached hydrogen (secondary N) is 2. The highest BCUT2D eigenvalue weighted by atomic mass is 32.2. The van der Waals surface area contributed by atoms with Crippen LogP contribution in [0.1, 0.15) is 49.1 Å². The van der Waals surface area contributed by atoms with Crippen molar-refractivity contribution in [2.75, 3.05) is 24.8 Å². The summed E-state index contributed by atoms with van der Waals surface area (Å²) in [5.74, 6) is 1.49. The minimum atomic E-state index is -0.271. The van der Waals surface area contributed by atoms with E-state index in [1.807, 2.05) is 42.8 Å². The van der Waals surface area contributed by atoms with Crippen LogP contribution in [0.5, 0.6) is 5.75 Å². The molecule has 1 amide bonds. The van der Waals surface area contributed by atoms with E-state index < -0.39 is 0 Å². The Hall–Kier alpha value is -2.19. The zero-order chi connectivity index (χ0) is 19.9. The fourth-order valence-electron chi connectivity index (χ4n) is 4.01. The lowest BCUT2D eigenvalue weighted by atomic mass is 9.94. The first kappa shape index (κ1) is 19.1. The van der Waals surface area contributed by atoms with E-state index in [0.29, 0.717) is 18.0 Å². The minimum Gasteiger partial charge on any atom is -0.497 e. The average Bonchev–Trinajstić information content (AvgIpc) is 2.87. The number of hydrogen-bond donors (Lipinski definition) is 2. The number of rotatable bonds is 3. The Morgan fingerprint density at radius 2 is 2.14 bits per heavy atom. The second-order valence-corrected chi connectivity index (χ2v) is 8.94. The van der Waals surface area contributed by atoms with Crippen molar-refractivity contribution in [2.45, 2.75) is 43.6 Å². The summed E-state index contributed by atoms with van der Waals surface area (Å²) in [7, 11) is 1.62. The summed E-state index contributed by atoms with van der Waals surface area (Å²) >= 11 is 1.46. The lowest BCUT2D eigenvalue weighted by molar-refractivity contribution is -0.113. The molecule has 1 aromatic carbocycles. The van der Waals surface area contributed by atoms with Gasteiger partial charge in [-0.2, -0.15) is 0 Å². The van der Waals surface area contributed by atoms with Crippen LogP contribution < -0.4 is 15.6 Å². The van der Waals surface area contributed by atoms with Crippen LogP contribution in [0.3, 0.4) is 0 Å². The van der Waals surface area contributed by atoms with Gasteiger partial charge in [-0.15, -0.1) is 11.8 Å². The summed E-state index contributed by atoms with van der Waals surface area (Å²) in [5, 5.41) is 5.70. The van der Waals surface area contributed by atoms with Crippen molar-refractivity contribution in [3.8, 4) is 5.75 Å². The molecule has 0 unspecified atom stereocenters. The van der Waals surface area contributed by atoms with E-state index in [1.165, 1.54) is 11.8 Å². The van der Waals surface area contributed by atoms with Crippen LogP contribution in [0.4, 0.5) is 5.82 Å². The summed E-state index contributed by atoms with van der Waals surface area (Å²) in [4.78, 5) is 25.4. The van der Waals surface area contributed by atoms with Crippen LogP contribution in [-0.2, 0) is 9.53 Å². The Bertz CT molecular complexity index is 949. The molecule has 0 saturated carbocycles. The van der Waals surface area contributed by atoms with E-state index >= 15 is 0 Å². The Morgan fingerprint density at radius 1 is 1.32 bits per heavy atom. The lowest BCUT2D eigenvalue weighted by Gasteiger charge is -2.36. The van der Waals surface area contributed by atoms with Gasteiger partial charge in [-0.3, -0.25) is 19.4 Å². The molecule has 2 aliphatic heterocycles. The van der Waals surface area contributed by atoms with Crippen LogP contribution in [-0.4, -0.2) is 40.8 Å². The maximum absolute atomic E-state index is 13.0. The number of carbonyl (C=O) groups excluding carboxylic acids is 1. The van der Waals surface area contributed by atoms with Crippen molar-refractivity contribution in [3.05, 3.63) is 45.7 Å². The average molecular weight is 404 g/mol. The Kier molecular flexibility index (Phi) is 5.01. The number of thioether (sulfide) groups is 1. The van der Waals surface area contributed by atoms with E-state index in [2.05, 4.69) is 10.4 Å². The van der Waals surface area contributed by atoms with Gasteiger partial charge in [0, 0.05) is 6.61 Å². The maximum Gasteiger partial charge on any atom is 0.270 e. The number of carbonyl (C=O) groups is 1. The number of nitrogens with zero attached hydrogens (tertiary/aromatic N) is 1. The molecular formula is C20H25N3O4S. The summed E-state index contributed by atoms with van der Waals surface area (Å²) in [6, 6.07) is 7.73. The molecule has 0 radical (unpaired) electrons. The first-order valence-corrected chi connectivity index (χ1v) is 10.5. The molecule has 0 aliphatic carbocycles. The van der Waals surface area contributed by atoms with Crippen LogP contribution in [0.15, 0.2) is 29.1 Å². The summed E-state index contributed by atoms with van der Waals surface area (Å²) in [5.41, 5.74) is 1.10. The largest absolute Gasteiger partial charge is 0.497 e. The highest BCUT2D eigenvalue weighted by Gasteiger charge is 2.36. The number of methoxy groups -OCH3 is 1. The second-order valence-electron chi connectivity index (χ2n) is 7.84. The number of anilines is 1. The Morgan fingerprint density at radius 3 is 2.89 bits per heavy atom. The maximum atomic E-state index is 13.0. The molecule has 4 rings (SSSR count). The number of benzene rings is 1. The fourth-order valence-corrected chi connectivity index (χ4v) is 5.12. The van der Waals surface area contributed by atoms with Crippen LogP contribution in [0.25, 0.3) is 0 Å². The molecule has 2 aromatic rings. The number of amides is 1. The number of ether oxygens (including phenoxy) is 2. The van der Waals surface area contributed by atoms with Crippen molar-refractivity contribution in [1.29, 1.82) is 0 Å². The molecule has 7 nitrogen and oxygen atoms in total. The highest BCUT2D eigenvalue weighted by Crippen LogP contribution is 2.42. The molecule has 2 aliphatic rings. The summed E-state index contributed by atoms with van der Waals surface area (Å²) < 4.78 is 13.0. The number of fused-ring (bicyclic) bond motifs is 1. The molecule has 2 N–H and O–H groups in total. The van der Waals surface area contributed by atoms with Crippen LogP contribution in [0, 0.1) is 0 Å². The SMILES string of the molecule is COc1cccc([C@@H]2SCC(=O)Nc3c2c(=O)[nH]n3[C@@H]2CCOC(C)(C)C2)c1. The molecule has 28 heavy (non-hydrogen) atoms. The molecule has 2 atom stereocenters. The molecule has 8 heteroatoms. The number of H-pyrrole nitrogens is 1. The van der Waals surface area contributed by atoms with Gasteiger partial charge in [0.05, 0.1) is 35.3 Å². The third-order valence-electron chi connectivity index (χ3n) is 5.30. The van der Waals surface area contributed by atoms with Gasteiger partial charge in [0.25, 0.3) is 5.56 Å². The lowest BCUT2D eigenvalue weighted by Crippen LogP contribution is -2.36. The van der Waals surface area contributed by atoms with E-state index in [0.717, 1.165) is 24.2 Å². The zero-order valence-corrected chi connectivity index (χ0v) is 17.1. The summed E-state index contributed by atoms with van der Waals surface area (Å²) in [6.07, 6.45) is 1.55. The van der Waals surface area contributed by atoms with E-state index in [9.17, 15) is 9.59 Å². The molecule has 150 valence electrons. The fraction of sp³-hybridized carbons (Fsp3) is 0.500. The van der Waals surface area contributed by atoms with Gasteiger partial charge in [0.2, 0.25) is 5.91 Å². The predicted octanol–water partition coefficient (Wildman–Crippen LogP) is 3.09. The molecule has 1 aromatic heterocycles. The number of aromatic amines is 1. The third kappa shape index (κ3) is 3.58. The van der Waals surface area contributed by atoms with Gasteiger partial charge in [0.15, 0.2) is 0 Å². The van der Waals surface area contributed by atoms with Gasteiger partial charge in [-0.1, -0.05) is 12.1 Å². The first-order chi connectivity index (χ1) is 13.4. The van der Waals surface area contributed by atoms with E-state index in [1.54, 1.807) is 7.11 Å². The second kappa shape index (κ2) is 7.33.